The maximum atomic E-state index is 12.2. The molecule has 0 unspecified atom stereocenters. The highest BCUT2D eigenvalue weighted by Crippen LogP contribution is 2.19. The average Bonchev–Trinajstić information content (AvgIpc) is 2.44. The van der Waals surface area contributed by atoms with Crippen LogP contribution in [-0.2, 0) is 0 Å². The van der Waals surface area contributed by atoms with Gasteiger partial charge in [0.15, 0.2) is 5.78 Å². The number of allylic oxidation sites excluding steroid dienone is 2. The lowest BCUT2D eigenvalue weighted by Crippen LogP contribution is -2.03. The first-order valence-electron chi connectivity index (χ1n) is 7.10. The molecule has 0 amide bonds. The minimum Gasteiger partial charge on any atom is -0.359 e. The van der Waals surface area contributed by atoms with E-state index < -0.39 is 0 Å². The maximum absolute atomic E-state index is 12.2. The lowest BCUT2D eigenvalue weighted by atomic mass is 10.1. The number of carbonyl (C=O) groups is 1. The summed E-state index contributed by atoms with van der Waals surface area (Å²) in [5, 5.41) is 3.30. The summed E-state index contributed by atoms with van der Waals surface area (Å²) >= 11 is 0. The molecule has 0 spiro atoms. The molecule has 2 nitrogen and oxygen atoms in total. The summed E-state index contributed by atoms with van der Waals surface area (Å²) in [6.07, 6.45) is 1.65. The van der Waals surface area contributed by atoms with Crippen LogP contribution >= 0.6 is 0 Å². The first kappa shape index (κ1) is 15.0. The molecule has 0 heterocycles. The molecule has 108 valence electrons. The van der Waals surface area contributed by atoms with Gasteiger partial charge in [-0.3, -0.25) is 4.79 Å². The largest absolute Gasteiger partial charge is 0.359 e. The van der Waals surface area contributed by atoms with E-state index in [9.17, 15) is 4.79 Å². The number of ketones is 1. The van der Waals surface area contributed by atoms with Crippen LogP contribution < -0.4 is 5.32 Å². The third-order valence-electron chi connectivity index (χ3n) is 3.62. The molecule has 0 bridgehead atoms. The van der Waals surface area contributed by atoms with Crippen molar-refractivity contribution < 1.29 is 4.79 Å². The molecule has 2 aromatic rings. The van der Waals surface area contributed by atoms with Crippen LogP contribution in [0.5, 0.6) is 0 Å². The van der Waals surface area contributed by atoms with E-state index in [1.54, 1.807) is 6.08 Å². The number of carbonyl (C=O) groups excluding carboxylic acids is 1. The molecule has 1 N–H and O–H groups in total. The molecule has 0 fully saturated rings. The Morgan fingerprint density at radius 2 is 1.67 bits per heavy atom. The zero-order chi connectivity index (χ0) is 15.4. The topological polar surface area (TPSA) is 29.1 Å². The predicted octanol–water partition coefficient (Wildman–Crippen LogP) is 4.81. The second kappa shape index (κ2) is 6.40. The number of rotatable bonds is 4. The molecule has 0 atom stereocenters. The minimum absolute atomic E-state index is 0.0188. The van der Waals surface area contributed by atoms with Crippen molar-refractivity contribution >= 4 is 11.5 Å². The molecule has 0 aliphatic carbocycles. The van der Waals surface area contributed by atoms with Crippen molar-refractivity contribution in [1.29, 1.82) is 0 Å². The van der Waals surface area contributed by atoms with Crippen LogP contribution in [0.2, 0.25) is 0 Å². The predicted molar refractivity (Wildman–Crippen MR) is 88.8 cm³/mol. The molecular weight excluding hydrogens is 258 g/mol. The standard InChI is InChI=1S/C19H21NO/c1-13-8-10-17(11-9-13)19(21)12-15(3)20-18-7-5-6-14(2)16(18)4/h5-12,20H,1-4H3. The minimum atomic E-state index is 0.0188. The van der Waals surface area contributed by atoms with Crippen LogP contribution in [0, 0.1) is 20.8 Å². The molecule has 0 aliphatic heterocycles. The van der Waals surface area contributed by atoms with E-state index >= 15 is 0 Å². The van der Waals surface area contributed by atoms with Gasteiger partial charge < -0.3 is 5.32 Å². The van der Waals surface area contributed by atoms with Crippen LogP contribution in [-0.4, -0.2) is 5.78 Å². The van der Waals surface area contributed by atoms with Crippen molar-refractivity contribution in [2.75, 3.05) is 5.32 Å². The van der Waals surface area contributed by atoms with Gasteiger partial charge in [0.05, 0.1) is 0 Å². The van der Waals surface area contributed by atoms with E-state index in [0.29, 0.717) is 5.56 Å². The molecule has 0 saturated heterocycles. The summed E-state index contributed by atoms with van der Waals surface area (Å²) in [7, 11) is 0. The van der Waals surface area contributed by atoms with Crippen molar-refractivity contribution in [2.24, 2.45) is 0 Å². The van der Waals surface area contributed by atoms with Crippen LogP contribution in [0.25, 0.3) is 0 Å². The number of benzene rings is 2. The average molecular weight is 279 g/mol. The lowest BCUT2D eigenvalue weighted by molar-refractivity contribution is 0.104. The van der Waals surface area contributed by atoms with Crippen molar-refractivity contribution in [3.05, 3.63) is 76.5 Å². The normalized spacial score (nSPS) is 11.3. The Morgan fingerprint density at radius 1 is 1.00 bits per heavy atom. The van der Waals surface area contributed by atoms with Crippen molar-refractivity contribution in [3.8, 4) is 0 Å². The summed E-state index contributed by atoms with van der Waals surface area (Å²) in [6.45, 7) is 8.08. The fraction of sp³-hybridized carbons (Fsp3) is 0.211. The molecule has 2 heteroatoms. The van der Waals surface area contributed by atoms with Crippen LogP contribution in [0.3, 0.4) is 0 Å². The third-order valence-corrected chi connectivity index (χ3v) is 3.62. The summed E-state index contributed by atoms with van der Waals surface area (Å²) in [4.78, 5) is 12.2. The van der Waals surface area contributed by atoms with Crippen LogP contribution in [0.15, 0.2) is 54.2 Å². The molecule has 2 aromatic carbocycles. The van der Waals surface area contributed by atoms with Gasteiger partial charge in [0.25, 0.3) is 0 Å². The molecule has 0 aliphatic rings. The van der Waals surface area contributed by atoms with E-state index in [1.165, 1.54) is 11.1 Å². The fourth-order valence-corrected chi connectivity index (χ4v) is 2.13. The lowest BCUT2D eigenvalue weighted by Gasteiger charge is -2.11. The Bertz CT molecular complexity index is 681. The Labute approximate surface area is 126 Å². The molecule has 0 radical (unpaired) electrons. The van der Waals surface area contributed by atoms with E-state index in [-0.39, 0.29) is 5.78 Å². The molecular formula is C19H21NO. The second-order valence-electron chi connectivity index (χ2n) is 5.43. The summed E-state index contributed by atoms with van der Waals surface area (Å²) < 4.78 is 0. The van der Waals surface area contributed by atoms with Gasteiger partial charge in [0.1, 0.15) is 0 Å². The van der Waals surface area contributed by atoms with Gasteiger partial charge >= 0.3 is 0 Å². The van der Waals surface area contributed by atoms with Gasteiger partial charge in [0, 0.05) is 23.0 Å². The highest BCUT2D eigenvalue weighted by Gasteiger charge is 2.04. The first-order chi connectivity index (χ1) is 9.97. The Morgan fingerprint density at radius 3 is 2.33 bits per heavy atom. The highest BCUT2D eigenvalue weighted by atomic mass is 16.1. The van der Waals surface area contributed by atoms with Gasteiger partial charge in [0.2, 0.25) is 0 Å². The number of nitrogens with one attached hydrogen (secondary N) is 1. The van der Waals surface area contributed by atoms with Gasteiger partial charge in [-0.1, -0.05) is 42.0 Å². The smallest absolute Gasteiger partial charge is 0.187 e. The maximum Gasteiger partial charge on any atom is 0.187 e. The van der Waals surface area contributed by atoms with Gasteiger partial charge in [-0.2, -0.15) is 0 Å². The van der Waals surface area contributed by atoms with E-state index in [1.807, 2.05) is 50.2 Å². The first-order valence-corrected chi connectivity index (χ1v) is 7.10. The summed E-state index contributed by atoms with van der Waals surface area (Å²) in [6, 6.07) is 13.7. The van der Waals surface area contributed by atoms with E-state index in [0.717, 1.165) is 16.9 Å². The number of aryl methyl sites for hydroxylation is 2. The van der Waals surface area contributed by atoms with Crippen LogP contribution in [0.1, 0.15) is 34.0 Å². The quantitative estimate of drug-likeness (QED) is 0.642. The second-order valence-corrected chi connectivity index (χ2v) is 5.43. The molecule has 0 aromatic heterocycles. The van der Waals surface area contributed by atoms with E-state index in [4.69, 9.17) is 0 Å². The van der Waals surface area contributed by atoms with Gasteiger partial charge in [-0.25, -0.2) is 0 Å². The van der Waals surface area contributed by atoms with Crippen LogP contribution in [0.4, 0.5) is 5.69 Å². The zero-order valence-corrected chi connectivity index (χ0v) is 13.0. The zero-order valence-electron chi connectivity index (χ0n) is 13.0. The Balaban J connectivity index is 2.15. The molecule has 21 heavy (non-hydrogen) atoms. The summed E-state index contributed by atoms with van der Waals surface area (Å²) in [5.74, 6) is 0.0188. The van der Waals surface area contributed by atoms with Crippen molar-refractivity contribution in [3.63, 3.8) is 0 Å². The monoisotopic (exact) mass is 279 g/mol. The number of hydrogen-bond donors (Lipinski definition) is 1. The van der Waals surface area contributed by atoms with Crippen molar-refractivity contribution in [1.82, 2.24) is 0 Å². The Kier molecular flexibility index (Phi) is 4.59. The molecule has 2 rings (SSSR count). The van der Waals surface area contributed by atoms with Gasteiger partial charge in [-0.05, 0) is 44.9 Å². The Hall–Kier alpha value is -2.35. The summed E-state index contributed by atoms with van der Waals surface area (Å²) in [5.41, 5.74) is 6.18. The molecule has 0 saturated carbocycles. The highest BCUT2D eigenvalue weighted by molar-refractivity contribution is 6.05. The van der Waals surface area contributed by atoms with Gasteiger partial charge in [-0.15, -0.1) is 0 Å². The SMILES string of the molecule is CC(=CC(=O)c1ccc(C)cc1)Nc1cccc(C)c1C. The van der Waals surface area contributed by atoms with Crippen molar-refractivity contribution in [2.45, 2.75) is 27.7 Å². The number of hydrogen-bond acceptors (Lipinski definition) is 2. The fourth-order valence-electron chi connectivity index (χ4n) is 2.13. The third kappa shape index (κ3) is 3.82. The van der Waals surface area contributed by atoms with E-state index in [2.05, 4.69) is 25.2 Å². The number of anilines is 1.